The molecule has 0 radical (unpaired) electrons. The summed E-state index contributed by atoms with van der Waals surface area (Å²) in [5, 5.41) is 5.51. The summed E-state index contributed by atoms with van der Waals surface area (Å²) in [7, 11) is 0. The fourth-order valence-electron chi connectivity index (χ4n) is 1.93. The van der Waals surface area contributed by atoms with Crippen molar-refractivity contribution in [1.82, 2.24) is 15.3 Å². The molecule has 0 atom stereocenters. The van der Waals surface area contributed by atoms with Crippen LogP contribution < -0.4 is 5.32 Å². The van der Waals surface area contributed by atoms with Crippen LogP contribution in [-0.4, -0.2) is 35.0 Å². The number of nitrogens with zero attached hydrogens (tertiary/aromatic N) is 2. The second-order valence-corrected chi connectivity index (χ2v) is 5.68. The van der Waals surface area contributed by atoms with E-state index in [0.29, 0.717) is 26.0 Å². The van der Waals surface area contributed by atoms with Gasteiger partial charge in [0.05, 0.1) is 18.7 Å². The van der Waals surface area contributed by atoms with Crippen molar-refractivity contribution in [2.24, 2.45) is 0 Å². The lowest BCUT2D eigenvalue weighted by Crippen LogP contribution is -2.26. The summed E-state index contributed by atoms with van der Waals surface area (Å²) in [4.78, 5) is 31.5. The zero-order chi connectivity index (χ0) is 16.5. The van der Waals surface area contributed by atoms with Crippen molar-refractivity contribution in [1.29, 1.82) is 0 Å². The first kappa shape index (κ1) is 17.1. The Kier molecular flexibility index (Phi) is 6.68. The molecule has 0 saturated carbocycles. The zero-order valence-corrected chi connectivity index (χ0v) is 13.8. The van der Waals surface area contributed by atoms with E-state index in [1.165, 1.54) is 11.3 Å². The number of pyridine rings is 1. The Balaban J connectivity index is 1.74. The molecule has 0 unspecified atom stereocenters. The lowest BCUT2D eigenvalue weighted by Gasteiger charge is -2.04. The van der Waals surface area contributed by atoms with Gasteiger partial charge in [0.15, 0.2) is 0 Å². The molecule has 0 bridgehead atoms. The van der Waals surface area contributed by atoms with Crippen LogP contribution in [0.1, 0.15) is 25.5 Å². The average Bonchev–Trinajstić information content (AvgIpc) is 3.01. The van der Waals surface area contributed by atoms with E-state index in [1.54, 1.807) is 19.3 Å². The molecule has 2 aromatic rings. The van der Waals surface area contributed by atoms with Gasteiger partial charge in [-0.2, -0.15) is 0 Å². The van der Waals surface area contributed by atoms with E-state index in [4.69, 9.17) is 4.74 Å². The maximum Gasteiger partial charge on any atom is 0.305 e. The molecule has 1 N–H and O–H groups in total. The third-order valence-electron chi connectivity index (χ3n) is 2.99. The molecule has 0 aromatic carbocycles. The summed E-state index contributed by atoms with van der Waals surface area (Å²) in [6, 6.07) is 3.79. The molecule has 0 aliphatic rings. The van der Waals surface area contributed by atoms with E-state index in [-0.39, 0.29) is 18.3 Å². The maximum absolute atomic E-state index is 11.9. The van der Waals surface area contributed by atoms with E-state index < -0.39 is 0 Å². The smallest absolute Gasteiger partial charge is 0.305 e. The summed E-state index contributed by atoms with van der Waals surface area (Å²) in [5.74, 6) is -0.334. The molecular formula is C16H19N3O3S. The predicted octanol–water partition coefficient (Wildman–Crippen LogP) is 2.21. The van der Waals surface area contributed by atoms with Crippen molar-refractivity contribution in [2.75, 3.05) is 13.2 Å². The fourth-order valence-corrected chi connectivity index (χ4v) is 2.74. The summed E-state index contributed by atoms with van der Waals surface area (Å²) in [6.45, 7) is 2.61. The number of carbonyl (C=O) groups excluding carboxylic acids is 2. The lowest BCUT2D eigenvalue weighted by atomic mass is 10.2. The minimum absolute atomic E-state index is 0.100. The molecule has 0 aliphatic heterocycles. The van der Waals surface area contributed by atoms with Crippen LogP contribution in [0.25, 0.3) is 10.6 Å². The Labute approximate surface area is 138 Å². The van der Waals surface area contributed by atoms with Gasteiger partial charge in [-0.25, -0.2) is 4.98 Å². The number of hydrogen-bond acceptors (Lipinski definition) is 6. The highest BCUT2D eigenvalue weighted by molar-refractivity contribution is 7.13. The molecule has 2 heterocycles. The molecule has 122 valence electrons. The van der Waals surface area contributed by atoms with Gasteiger partial charge < -0.3 is 10.1 Å². The van der Waals surface area contributed by atoms with Crippen LogP contribution in [0.4, 0.5) is 0 Å². The maximum atomic E-state index is 11.9. The first-order chi connectivity index (χ1) is 11.2. The first-order valence-corrected chi connectivity index (χ1v) is 8.34. The molecule has 6 nitrogen and oxygen atoms in total. The number of nitrogens with one attached hydrogen (secondary N) is 1. The standard InChI is InChI=1S/C16H19N3O3S/c1-2-22-15(21)6-4-8-18-14(20)9-13-11-23-16(19-13)12-5-3-7-17-10-12/h3,5,7,10-11H,2,4,6,8-9H2,1H3,(H,18,20). The molecular weight excluding hydrogens is 314 g/mol. The zero-order valence-electron chi connectivity index (χ0n) is 12.9. The van der Waals surface area contributed by atoms with Gasteiger partial charge in [0.1, 0.15) is 5.01 Å². The van der Waals surface area contributed by atoms with Gasteiger partial charge in [-0.05, 0) is 25.5 Å². The van der Waals surface area contributed by atoms with Gasteiger partial charge in [-0.1, -0.05) is 0 Å². The number of esters is 1. The molecule has 0 spiro atoms. The number of aromatic nitrogens is 2. The number of rotatable bonds is 8. The number of amides is 1. The number of carbonyl (C=O) groups is 2. The highest BCUT2D eigenvalue weighted by atomic mass is 32.1. The van der Waals surface area contributed by atoms with E-state index in [9.17, 15) is 9.59 Å². The van der Waals surface area contributed by atoms with Crippen LogP contribution in [0, 0.1) is 0 Å². The molecule has 23 heavy (non-hydrogen) atoms. The Bertz CT molecular complexity index is 643. The fraction of sp³-hybridized carbons (Fsp3) is 0.375. The Morgan fingerprint density at radius 1 is 1.39 bits per heavy atom. The Hall–Kier alpha value is -2.28. The minimum Gasteiger partial charge on any atom is -0.466 e. The van der Waals surface area contributed by atoms with Crippen molar-refractivity contribution in [3.05, 3.63) is 35.6 Å². The van der Waals surface area contributed by atoms with Gasteiger partial charge in [0, 0.05) is 36.3 Å². The molecule has 2 aromatic heterocycles. The van der Waals surface area contributed by atoms with Gasteiger partial charge in [0.2, 0.25) is 5.91 Å². The third-order valence-corrected chi connectivity index (χ3v) is 3.93. The molecule has 0 fully saturated rings. The third kappa shape index (κ3) is 5.78. The summed E-state index contributed by atoms with van der Waals surface area (Å²) < 4.78 is 4.82. The SMILES string of the molecule is CCOC(=O)CCCNC(=O)Cc1csc(-c2cccnc2)n1. The molecule has 7 heteroatoms. The highest BCUT2D eigenvalue weighted by Crippen LogP contribution is 2.22. The topological polar surface area (TPSA) is 81.2 Å². The monoisotopic (exact) mass is 333 g/mol. The van der Waals surface area contributed by atoms with Crippen molar-refractivity contribution in [2.45, 2.75) is 26.2 Å². The molecule has 2 rings (SSSR count). The average molecular weight is 333 g/mol. The molecule has 1 amide bonds. The largest absolute Gasteiger partial charge is 0.466 e. The molecule has 0 saturated heterocycles. The number of hydrogen-bond donors (Lipinski definition) is 1. The van der Waals surface area contributed by atoms with Crippen LogP contribution in [0.3, 0.4) is 0 Å². The summed E-state index contributed by atoms with van der Waals surface area (Å²) in [6.07, 6.45) is 4.58. The Morgan fingerprint density at radius 3 is 3.00 bits per heavy atom. The second kappa shape index (κ2) is 8.99. The quantitative estimate of drug-likeness (QED) is 0.592. The second-order valence-electron chi connectivity index (χ2n) is 4.82. The summed E-state index contributed by atoms with van der Waals surface area (Å²) in [5.41, 5.74) is 1.68. The van der Waals surface area contributed by atoms with Crippen LogP contribution in [0.15, 0.2) is 29.9 Å². The van der Waals surface area contributed by atoms with Gasteiger partial charge >= 0.3 is 5.97 Å². The van der Waals surface area contributed by atoms with E-state index in [0.717, 1.165) is 16.3 Å². The van der Waals surface area contributed by atoms with Crippen molar-refractivity contribution < 1.29 is 14.3 Å². The van der Waals surface area contributed by atoms with Gasteiger partial charge in [-0.15, -0.1) is 11.3 Å². The van der Waals surface area contributed by atoms with Gasteiger partial charge in [-0.3, -0.25) is 14.6 Å². The molecule has 0 aliphatic carbocycles. The van der Waals surface area contributed by atoms with E-state index >= 15 is 0 Å². The summed E-state index contributed by atoms with van der Waals surface area (Å²) >= 11 is 1.49. The van der Waals surface area contributed by atoms with Crippen LogP contribution in [0.5, 0.6) is 0 Å². The van der Waals surface area contributed by atoms with Gasteiger partial charge in [0.25, 0.3) is 0 Å². The number of thiazole rings is 1. The highest BCUT2D eigenvalue weighted by Gasteiger charge is 2.09. The normalized spacial score (nSPS) is 10.3. The minimum atomic E-state index is -0.234. The van der Waals surface area contributed by atoms with Crippen LogP contribution >= 0.6 is 11.3 Å². The van der Waals surface area contributed by atoms with Crippen LogP contribution in [0.2, 0.25) is 0 Å². The van der Waals surface area contributed by atoms with Crippen molar-refractivity contribution in [3.8, 4) is 10.6 Å². The van der Waals surface area contributed by atoms with Crippen molar-refractivity contribution in [3.63, 3.8) is 0 Å². The Morgan fingerprint density at radius 2 is 2.26 bits per heavy atom. The predicted molar refractivity (Wildman–Crippen MR) is 87.9 cm³/mol. The lowest BCUT2D eigenvalue weighted by molar-refractivity contribution is -0.143. The van der Waals surface area contributed by atoms with Crippen molar-refractivity contribution >= 4 is 23.2 Å². The van der Waals surface area contributed by atoms with Crippen LogP contribution in [-0.2, 0) is 20.7 Å². The van der Waals surface area contributed by atoms with E-state index in [1.807, 2.05) is 17.5 Å². The van der Waals surface area contributed by atoms with E-state index in [2.05, 4.69) is 15.3 Å². The first-order valence-electron chi connectivity index (χ1n) is 7.46. The number of ether oxygens (including phenoxy) is 1.